The summed E-state index contributed by atoms with van der Waals surface area (Å²) in [5.74, 6) is -0.864. The molecule has 0 saturated carbocycles. The van der Waals surface area contributed by atoms with Gasteiger partial charge in [-0.15, -0.1) is 0 Å². The Morgan fingerprint density at radius 1 is 1.58 bits per heavy atom. The van der Waals surface area contributed by atoms with Gasteiger partial charge < -0.3 is 0 Å². The van der Waals surface area contributed by atoms with E-state index in [-0.39, 0.29) is 0 Å². The van der Waals surface area contributed by atoms with Gasteiger partial charge in [0.1, 0.15) is 0 Å². The summed E-state index contributed by atoms with van der Waals surface area (Å²) in [5, 5.41) is 0.0818. The lowest BCUT2D eigenvalue weighted by molar-refractivity contribution is 0.559. The summed E-state index contributed by atoms with van der Waals surface area (Å²) >= 11 is 0. The highest BCUT2D eigenvalue weighted by Crippen LogP contribution is 2.11. The lowest BCUT2D eigenvalue weighted by Gasteiger charge is -1.97. The SMILES string of the molecule is C=CS(=O)(=O)c1ncccc1F. The maximum atomic E-state index is 12.8. The Morgan fingerprint density at radius 3 is 2.75 bits per heavy atom. The number of nitrogens with zero attached hydrogens (tertiary/aromatic N) is 1. The number of sulfone groups is 1. The molecule has 0 unspecified atom stereocenters. The number of hydrogen-bond donors (Lipinski definition) is 0. The largest absolute Gasteiger partial charge is 0.242 e. The Kier molecular flexibility index (Phi) is 2.23. The number of pyridine rings is 1. The molecule has 1 heterocycles. The molecule has 0 radical (unpaired) electrons. The monoisotopic (exact) mass is 187 g/mol. The van der Waals surface area contributed by atoms with Crippen LogP contribution < -0.4 is 0 Å². The van der Waals surface area contributed by atoms with Gasteiger partial charge in [-0.05, 0) is 12.1 Å². The van der Waals surface area contributed by atoms with Crippen LogP contribution >= 0.6 is 0 Å². The Balaban J connectivity index is 3.39. The van der Waals surface area contributed by atoms with Crippen LogP contribution in [0.3, 0.4) is 0 Å². The highest BCUT2D eigenvalue weighted by Gasteiger charge is 2.15. The van der Waals surface area contributed by atoms with Crippen LogP contribution in [-0.2, 0) is 9.84 Å². The van der Waals surface area contributed by atoms with Crippen LogP contribution in [0.15, 0.2) is 35.3 Å². The van der Waals surface area contributed by atoms with Crippen LogP contribution in [-0.4, -0.2) is 13.4 Å². The molecule has 0 N–H and O–H groups in total. The summed E-state index contributed by atoms with van der Waals surface area (Å²) < 4.78 is 34.8. The van der Waals surface area contributed by atoms with Crippen molar-refractivity contribution < 1.29 is 12.8 Å². The van der Waals surface area contributed by atoms with Crippen molar-refractivity contribution in [1.82, 2.24) is 4.98 Å². The van der Waals surface area contributed by atoms with Crippen LogP contribution in [0.4, 0.5) is 4.39 Å². The molecule has 64 valence electrons. The van der Waals surface area contributed by atoms with Crippen LogP contribution in [0, 0.1) is 5.82 Å². The lowest BCUT2D eigenvalue weighted by Crippen LogP contribution is -2.01. The van der Waals surface area contributed by atoms with E-state index < -0.39 is 20.7 Å². The third-order valence-corrected chi connectivity index (χ3v) is 2.49. The van der Waals surface area contributed by atoms with E-state index in [2.05, 4.69) is 11.6 Å². The molecule has 0 atom stereocenters. The van der Waals surface area contributed by atoms with E-state index in [0.29, 0.717) is 5.41 Å². The lowest BCUT2D eigenvalue weighted by atomic mass is 10.5. The standard InChI is InChI=1S/C7H6FNO2S/c1-2-12(10,11)7-6(8)4-3-5-9-7/h2-5H,1H2. The molecule has 0 aliphatic rings. The van der Waals surface area contributed by atoms with Gasteiger partial charge in [0.05, 0.1) is 0 Å². The molecule has 0 saturated heterocycles. The number of halogens is 1. The van der Waals surface area contributed by atoms with Crippen molar-refractivity contribution >= 4 is 9.84 Å². The van der Waals surface area contributed by atoms with Crippen molar-refractivity contribution in [3.8, 4) is 0 Å². The molecular formula is C7H6FNO2S. The number of rotatable bonds is 2. The average molecular weight is 187 g/mol. The van der Waals surface area contributed by atoms with Crippen molar-refractivity contribution in [2.45, 2.75) is 5.03 Å². The quantitative estimate of drug-likeness (QED) is 0.697. The highest BCUT2D eigenvalue weighted by atomic mass is 32.2. The van der Waals surface area contributed by atoms with E-state index in [1.54, 1.807) is 0 Å². The molecule has 0 aromatic carbocycles. The minimum atomic E-state index is -3.75. The first kappa shape index (κ1) is 8.86. The van der Waals surface area contributed by atoms with Gasteiger partial charge in [0.15, 0.2) is 10.8 Å². The van der Waals surface area contributed by atoms with E-state index in [4.69, 9.17) is 0 Å². The van der Waals surface area contributed by atoms with Gasteiger partial charge in [-0.1, -0.05) is 6.58 Å². The molecular weight excluding hydrogens is 181 g/mol. The minimum Gasteiger partial charge on any atom is -0.242 e. The van der Waals surface area contributed by atoms with Crippen LogP contribution in [0.2, 0.25) is 0 Å². The Morgan fingerprint density at radius 2 is 2.25 bits per heavy atom. The molecule has 0 spiro atoms. The van der Waals surface area contributed by atoms with E-state index in [1.807, 2.05) is 0 Å². The molecule has 5 heteroatoms. The van der Waals surface area contributed by atoms with Crippen molar-refractivity contribution in [1.29, 1.82) is 0 Å². The number of aromatic nitrogens is 1. The van der Waals surface area contributed by atoms with E-state index in [0.717, 1.165) is 6.07 Å². The second-order valence-electron chi connectivity index (χ2n) is 2.00. The molecule has 1 aromatic heterocycles. The maximum Gasteiger partial charge on any atom is 0.219 e. The van der Waals surface area contributed by atoms with Gasteiger partial charge in [-0.3, -0.25) is 0 Å². The summed E-state index contributed by atoms with van der Waals surface area (Å²) in [6, 6.07) is 2.35. The zero-order chi connectivity index (χ0) is 9.19. The third-order valence-electron chi connectivity index (χ3n) is 1.21. The van der Waals surface area contributed by atoms with E-state index in [1.165, 1.54) is 12.3 Å². The fourth-order valence-corrected chi connectivity index (χ4v) is 1.36. The first-order valence-corrected chi connectivity index (χ1v) is 4.60. The second kappa shape index (κ2) is 3.02. The topological polar surface area (TPSA) is 47.0 Å². The molecule has 0 amide bonds. The Hall–Kier alpha value is -1.23. The van der Waals surface area contributed by atoms with Gasteiger partial charge >= 0.3 is 0 Å². The van der Waals surface area contributed by atoms with Gasteiger partial charge in [0, 0.05) is 11.6 Å². The van der Waals surface area contributed by atoms with E-state index in [9.17, 15) is 12.8 Å². The van der Waals surface area contributed by atoms with Crippen molar-refractivity contribution in [3.05, 3.63) is 36.1 Å². The summed E-state index contributed by atoms with van der Waals surface area (Å²) in [4.78, 5) is 3.39. The molecule has 0 aliphatic heterocycles. The molecule has 0 bridgehead atoms. The molecule has 3 nitrogen and oxygen atoms in total. The van der Waals surface area contributed by atoms with Crippen molar-refractivity contribution in [2.75, 3.05) is 0 Å². The fourth-order valence-electron chi connectivity index (χ4n) is 0.659. The van der Waals surface area contributed by atoms with Crippen molar-refractivity contribution in [2.24, 2.45) is 0 Å². The fraction of sp³-hybridized carbons (Fsp3) is 0. The first-order valence-electron chi connectivity index (χ1n) is 3.06. The third kappa shape index (κ3) is 1.50. The number of hydrogen-bond acceptors (Lipinski definition) is 3. The first-order chi connectivity index (χ1) is 5.58. The van der Waals surface area contributed by atoms with Gasteiger partial charge in [-0.25, -0.2) is 17.8 Å². The Bertz CT molecular complexity index is 400. The average Bonchev–Trinajstić information content (AvgIpc) is 2.05. The normalized spacial score (nSPS) is 11.1. The van der Waals surface area contributed by atoms with Crippen LogP contribution in [0.1, 0.15) is 0 Å². The maximum absolute atomic E-state index is 12.8. The van der Waals surface area contributed by atoms with Gasteiger partial charge in [0.2, 0.25) is 9.84 Å². The molecule has 0 aliphatic carbocycles. The predicted molar refractivity (Wildman–Crippen MR) is 41.6 cm³/mol. The summed E-state index contributed by atoms with van der Waals surface area (Å²) in [5.41, 5.74) is 0. The van der Waals surface area contributed by atoms with Gasteiger partial charge in [0.25, 0.3) is 0 Å². The van der Waals surface area contributed by atoms with Crippen LogP contribution in [0.5, 0.6) is 0 Å². The molecule has 12 heavy (non-hydrogen) atoms. The zero-order valence-corrected chi connectivity index (χ0v) is 6.88. The molecule has 1 rings (SSSR count). The summed E-state index contributed by atoms with van der Waals surface area (Å²) in [6.07, 6.45) is 1.21. The summed E-state index contributed by atoms with van der Waals surface area (Å²) in [7, 11) is -3.75. The molecule has 1 aromatic rings. The van der Waals surface area contributed by atoms with Gasteiger partial charge in [-0.2, -0.15) is 0 Å². The zero-order valence-electron chi connectivity index (χ0n) is 6.07. The van der Waals surface area contributed by atoms with Crippen molar-refractivity contribution in [3.63, 3.8) is 0 Å². The second-order valence-corrected chi connectivity index (χ2v) is 3.81. The minimum absolute atomic E-state index is 0.583. The predicted octanol–water partition coefficient (Wildman–Crippen LogP) is 1.14. The van der Waals surface area contributed by atoms with Crippen LogP contribution in [0.25, 0.3) is 0 Å². The van der Waals surface area contributed by atoms with E-state index >= 15 is 0 Å². The Labute approximate surface area is 69.5 Å². The molecule has 0 fully saturated rings. The highest BCUT2D eigenvalue weighted by molar-refractivity contribution is 7.94. The summed E-state index contributed by atoms with van der Waals surface area (Å²) in [6.45, 7) is 3.06. The smallest absolute Gasteiger partial charge is 0.219 e.